The number of H-pyrrole nitrogens is 1. The number of aromatic nitrogens is 3. The molecule has 0 amide bonds. The second kappa shape index (κ2) is 9.76. The van der Waals surface area contributed by atoms with Gasteiger partial charge in [-0.15, -0.1) is 0 Å². The van der Waals surface area contributed by atoms with E-state index in [0.717, 1.165) is 16.5 Å². The lowest BCUT2D eigenvalue weighted by Gasteiger charge is -2.27. The Labute approximate surface area is 215 Å². The molecule has 0 aliphatic carbocycles. The summed E-state index contributed by atoms with van der Waals surface area (Å²) < 4.78 is 36.6. The Kier molecular flexibility index (Phi) is 6.51. The van der Waals surface area contributed by atoms with Crippen molar-refractivity contribution in [1.82, 2.24) is 14.5 Å². The molecular weight excluding hydrogens is 507 g/mol. The number of rotatable bonds is 7. The van der Waals surface area contributed by atoms with Gasteiger partial charge < -0.3 is 14.3 Å². The summed E-state index contributed by atoms with van der Waals surface area (Å²) >= 11 is 12.1. The van der Waals surface area contributed by atoms with Crippen molar-refractivity contribution in [2.24, 2.45) is 7.05 Å². The van der Waals surface area contributed by atoms with Crippen LogP contribution in [0.5, 0.6) is 0 Å². The van der Waals surface area contributed by atoms with E-state index < -0.39 is 23.7 Å². The van der Waals surface area contributed by atoms with Crippen molar-refractivity contribution in [3.8, 4) is 11.3 Å². The summed E-state index contributed by atoms with van der Waals surface area (Å²) in [6, 6.07) is 16.6. The predicted octanol–water partition coefficient (Wildman–Crippen LogP) is 7.20. The molecule has 182 valence electrons. The van der Waals surface area contributed by atoms with Crippen molar-refractivity contribution in [2.45, 2.75) is 12.0 Å². The third kappa shape index (κ3) is 4.25. The number of nitrogens with zero attached hydrogens (tertiary/aromatic N) is 2. The lowest BCUT2D eigenvalue weighted by Crippen LogP contribution is -2.18. The van der Waals surface area contributed by atoms with Gasteiger partial charge in [0, 0.05) is 29.9 Å². The number of imidazole rings is 1. The number of benzene rings is 3. The van der Waals surface area contributed by atoms with Crippen LogP contribution in [0.3, 0.4) is 0 Å². The molecule has 2 unspecified atom stereocenters. The standard InChI is InChI=1S/C27H19Cl2F2N3O2/c1-34-10-9-15-5-6-16(12-22(15)34)23(27(36-14-35)18-3-2-4-19(28)24(18)31)26-25(32-13-33-26)17-7-8-21(30)20(29)11-17/h2-14,23,27H,1H3,(H,32,33). The minimum atomic E-state index is -1.11. The van der Waals surface area contributed by atoms with Crippen molar-refractivity contribution in [3.05, 3.63) is 112 Å². The van der Waals surface area contributed by atoms with Crippen molar-refractivity contribution in [2.75, 3.05) is 0 Å². The molecule has 0 aliphatic heterocycles. The summed E-state index contributed by atoms with van der Waals surface area (Å²) in [5.41, 5.74) is 3.29. The average molecular weight is 526 g/mol. The van der Waals surface area contributed by atoms with Crippen LogP contribution in [-0.4, -0.2) is 21.0 Å². The maximum Gasteiger partial charge on any atom is 0.293 e. The van der Waals surface area contributed by atoms with E-state index in [1.807, 2.05) is 42.1 Å². The first kappa shape index (κ1) is 24.0. The van der Waals surface area contributed by atoms with Gasteiger partial charge >= 0.3 is 0 Å². The van der Waals surface area contributed by atoms with Crippen molar-refractivity contribution in [1.29, 1.82) is 0 Å². The van der Waals surface area contributed by atoms with Gasteiger partial charge in [0.25, 0.3) is 6.47 Å². The number of nitrogens with one attached hydrogen (secondary N) is 1. The van der Waals surface area contributed by atoms with Crippen molar-refractivity contribution >= 4 is 40.6 Å². The zero-order chi connectivity index (χ0) is 25.4. The second-order valence-electron chi connectivity index (χ2n) is 8.31. The minimum Gasteiger partial charge on any atom is -0.458 e. The van der Waals surface area contributed by atoms with E-state index in [1.165, 1.54) is 30.6 Å². The Balaban J connectivity index is 1.76. The number of aromatic amines is 1. The Morgan fingerprint density at radius 1 is 1.06 bits per heavy atom. The lowest BCUT2D eigenvalue weighted by atomic mass is 9.84. The van der Waals surface area contributed by atoms with Crippen LogP contribution >= 0.6 is 23.2 Å². The molecule has 0 radical (unpaired) electrons. The summed E-state index contributed by atoms with van der Waals surface area (Å²) in [7, 11) is 1.91. The maximum atomic E-state index is 15.3. The first-order valence-corrected chi connectivity index (χ1v) is 11.7. The molecule has 0 fully saturated rings. The van der Waals surface area contributed by atoms with Gasteiger partial charge in [-0.1, -0.05) is 47.5 Å². The monoisotopic (exact) mass is 525 g/mol. The van der Waals surface area contributed by atoms with E-state index in [4.69, 9.17) is 27.9 Å². The van der Waals surface area contributed by atoms with Crippen LogP contribution < -0.4 is 0 Å². The quantitative estimate of drug-likeness (QED) is 0.228. The van der Waals surface area contributed by atoms with Crippen LogP contribution in [0.25, 0.3) is 22.2 Å². The number of aryl methyl sites for hydroxylation is 1. The van der Waals surface area contributed by atoms with E-state index in [2.05, 4.69) is 9.97 Å². The van der Waals surface area contributed by atoms with Crippen LogP contribution in [0.2, 0.25) is 10.0 Å². The number of ether oxygens (including phenoxy) is 1. The molecule has 9 heteroatoms. The summed E-state index contributed by atoms with van der Waals surface area (Å²) in [5, 5.41) is 0.849. The fraction of sp³-hybridized carbons (Fsp3) is 0.111. The molecule has 36 heavy (non-hydrogen) atoms. The summed E-state index contributed by atoms with van der Waals surface area (Å²) in [4.78, 5) is 19.3. The molecule has 1 N–H and O–H groups in total. The zero-order valence-corrected chi connectivity index (χ0v) is 20.4. The zero-order valence-electron chi connectivity index (χ0n) is 18.9. The third-order valence-corrected chi connectivity index (χ3v) is 6.82. The summed E-state index contributed by atoms with van der Waals surface area (Å²) in [6.45, 7) is 0.278. The van der Waals surface area contributed by atoms with Crippen LogP contribution in [-0.2, 0) is 16.6 Å². The van der Waals surface area contributed by atoms with Crippen LogP contribution in [0.1, 0.15) is 28.8 Å². The van der Waals surface area contributed by atoms with E-state index in [9.17, 15) is 9.18 Å². The number of hydrogen-bond donors (Lipinski definition) is 1. The molecular formula is C27H19Cl2F2N3O2. The Hall–Kier alpha value is -3.68. The fourth-order valence-electron chi connectivity index (χ4n) is 4.50. The number of halogens is 4. The number of hydrogen-bond acceptors (Lipinski definition) is 3. The molecule has 2 aromatic heterocycles. The molecule has 0 saturated heterocycles. The molecule has 0 bridgehead atoms. The van der Waals surface area contributed by atoms with Gasteiger partial charge in [-0.25, -0.2) is 13.8 Å². The van der Waals surface area contributed by atoms with Gasteiger partial charge in [-0.3, -0.25) is 4.79 Å². The highest BCUT2D eigenvalue weighted by molar-refractivity contribution is 6.31. The molecule has 5 nitrogen and oxygen atoms in total. The number of carbonyl (C=O) groups excluding carboxylic acids is 1. The maximum absolute atomic E-state index is 15.3. The minimum absolute atomic E-state index is 0.0589. The number of fused-ring (bicyclic) bond motifs is 1. The smallest absolute Gasteiger partial charge is 0.293 e. The van der Waals surface area contributed by atoms with E-state index in [0.29, 0.717) is 17.0 Å². The van der Waals surface area contributed by atoms with Gasteiger partial charge in [-0.2, -0.15) is 0 Å². The first-order chi connectivity index (χ1) is 17.4. The normalized spacial score (nSPS) is 13.0. The Morgan fingerprint density at radius 3 is 2.67 bits per heavy atom. The van der Waals surface area contributed by atoms with Crippen molar-refractivity contribution < 1.29 is 18.3 Å². The lowest BCUT2D eigenvalue weighted by molar-refractivity contribution is -0.134. The third-order valence-electron chi connectivity index (χ3n) is 6.24. The summed E-state index contributed by atoms with van der Waals surface area (Å²) in [6.07, 6.45) is 2.29. The highest BCUT2D eigenvalue weighted by atomic mass is 35.5. The van der Waals surface area contributed by atoms with Gasteiger partial charge in [0.05, 0.1) is 33.7 Å². The Morgan fingerprint density at radius 2 is 1.89 bits per heavy atom. The van der Waals surface area contributed by atoms with Gasteiger partial charge in [0.1, 0.15) is 17.7 Å². The highest BCUT2D eigenvalue weighted by Gasteiger charge is 2.34. The van der Waals surface area contributed by atoms with Gasteiger partial charge in [0.15, 0.2) is 0 Å². The van der Waals surface area contributed by atoms with E-state index in [1.54, 1.807) is 12.1 Å². The largest absolute Gasteiger partial charge is 0.458 e. The van der Waals surface area contributed by atoms with Crippen LogP contribution in [0, 0.1) is 11.6 Å². The topological polar surface area (TPSA) is 59.9 Å². The van der Waals surface area contributed by atoms with Crippen LogP contribution in [0.4, 0.5) is 8.78 Å². The second-order valence-corrected chi connectivity index (χ2v) is 9.12. The fourth-order valence-corrected chi connectivity index (χ4v) is 4.87. The molecule has 2 heterocycles. The molecule has 2 atom stereocenters. The molecule has 3 aromatic carbocycles. The van der Waals surface area contributed by atoms with Crippen LogP contribution in [0.15, 0.2) is 73.2 Å². The summed E-state index contributed by atoms with van der Waals surface area (Å²) in [5.74, 6) is -2.01. The molecule has 0 aliphatic rings. The van der Waals surface area contributed by atoms with Gasteiger partial charge in [0.2, 0.25) is 0 Å². The van der Waals surface area contributed by atoms with E-state index >= 15 is 4.39 Å². The Bertz CT molecular complexity index is 1580. The van der Waals surface area contributed by atoms with E-state index in [-0.39, 0.29) is 22.1 Å². The van der Waals surface area contributed by atoms with Gasteiger partial charge in [-0.05, 0) is 47.3 Å². The molecule has 5 rings (SSSR count). The van der Waals surface area contributed by atoms with Crippen molar-refractivity contribution in [3.63, 3.8) is 0 Å². The SMILES string of the molecule is Cn1ccc2ccc(C(c3nc[nH]c3-c3ccc(F)c(Cl)c3)C(OC=O)c3cccc(Cl)c3F)cc21. The molecule has 5 aromatic rings. The average Bonchev–Trinajstić information content (AvgIpc) is 3.49. The molecule has 0 saturated carbocycles. The first-order valence-electron chi connectivity index (χ1n) is 11.0. The predicted molar refractivity (Wildman–Crippen MR) is 135 cm³/mol. The molecule has 0 spiro atoms. The number of carbonyl (C=O) groups is 1. The highest BCUT2D eigenvalue weighted by Crippen LogP contribution is 2.44.